The van der Waals surface area contributed by atoms with Crippen LogP contribution in [0, 0.1) is 0 Å². The third kappa shape index (κ3) is 4.01. The van der Waals surface area contributed by atoms with Gasteiger partial charge in [0.2, 0.25) is 5.95 Å². The molecule has 0 bridgehead atoms. The molecule has 0 aliphatic heterocycles. The molecule has 0 saturated heterocycles. The van der Waals surface area contributed by atoms with Crippen molar-refractivity contribution in [3.8, 4) is 0 Å². The first-order valence-corrected chi connectivity index (χ1v) is 6.52. The van der Waals surface area contributed by atoms with E-state index >= 15 is 0 Å². The molecule has 0 aliphatic carbocycles. The Kier molecular flexibility index (Phi) is 5.00. The lowest BCUT2D eigenvalue weighted by Gasteiger charge is -2.06. The Bertz CT molecular complexity index is 541. The zero-order valence-corrected chi connectivity index (χ0v) is 11.3. The Balaban J connectivity index is 1.89. The van der Waals surface area contributed by atoms with Crippen molar-refractivity contribution < 1.29 is 4.79 Å². The molecule has 2 rings (SSSR count). The molecule has 2 aromatic heterocycles. The topological polar surface area (TPSA) is 79.8 Å². The van der Waals surface area contributed by atoms with E-state index in [9.17, 15) is 4.79 Å². The van der Waals surface area contributed by atoms with E-state index in [-0.39, 0.29) is 5.91 Å². The molecule has 0 fully saturated rings. The van der Waals surface area contributed by atoms with Gasteiger partial charge in [0, 0.05) is 37.9 Å². The van der Waals surface area contributed by atoms with Crippen LogP contribution in [0.3, 0.4) is 0 Å². The van der Waals surface area contributed by atoms with Crippen LogP contribution < -0.4 is 10.6 Å². The van der Waals surface area contributed by atoms with Crippen molar-refractivity contribution in [2.45, 2.75) is 19.9 Å². The fourth-order valence-corrected chi connectivity index (χ4v) is 1.56. The number of pyridine rings is 1. The van der Waals surface area contributed by atoms with Gasteiger partial charge in [-0.1, -0.05) is 13.0 Å². The zero-order chi connectivity index (χ0) is 14.2. The average Bonchev–Trinajstić information content (AvgIpc) is 2.52. The number of aromatic nitrogens is 3. The third-order valence-electron chi connectivity index (χ3n) is 2.62. The molecule has 6 nitrogen and oxygen atoms in total. The summed E-state index contributed by atoms with van der Waals surface area (Å²) in [5, 5.41) is 5.85. The molecule has 2 N–H and O–H groups in total. The highest BCUT2D eigenvalue weighted by Crippen LogP contribution is 2.01. The first-order chi connectivity index (χ1) is 9.79. The lowest BCUT2D eigenvalue weighted by molar-refractivity contribution is 0.0950. The summed E-state index contributed by atoms with van der Waals surface area (Å²) in [7, 11) is 0. The van der Waals surface area contributed by atoms with E-state index in [0.717, 1.165) is 18.5 Å². The molecule has 0 spiro atoms. The second kappa shape index (κ2) is 7.18. The van der Waals surface area contributed by atoms with Crippen LogP contribution >= 0.6 is 0 Å². The summed E-state index contributed by atoms with van der Waals surface area (Å²) in [5.74, 6) is 0.339. The number of anilines is 1. The lowest BCUT2D eigenvalue weighted by Crippen LogP contribution is -2.23. The average molecular weight is 271 g/mol. The molecule has 0 atom stereocenters. The van der Waals surface area contributed by atoms with Crippen LogP contribution in [-0.4, -0.2) is 27.4 Å². The van der Waals surface area contributed by atoms with Gasteiger partial charge in [0.15, 0.2) is 0 Å². The Morgan fingerprint density at radius 1 is 1.25 bits per heavy atom. The number of carbonyl (C=O) groups excluding carboxylic acids is 1. The SMILES string of the molecule is CCCNc1ncc(C(=O)NCc2cccnc2)cn1. The van der Waals surface area contributed by atoms with Gasteiger partial charge in [-0.15, -0.1) is 0 Å². The van der Waals surface area contributed by atoms with Crippen LogP contribution in [0.25, 0.3) is 0 Å². The van der Waals surface area contributed by atoms with Crippen molar-refractivity contribution in [1.29, 1.82) is 0 Å². The van der Waals surface area contributed by atoms with E-state index in [0.29, 0.717) is 18.1 Å². The van der Waals surface area contributed by atoms with Crippen molar-refractivity contribution in [1.82, 2.24) is 20.3 Å². The molecular formula is C14H17N5O. The third-order valence-corrected chi connectivity index (χ3v) is 2.62. The monoisotopic (exact) mass is 271 g/mol. The number of carbonyl (C=O) groups is 1. The standard InChI is InChI=1S/C14H17N5O/c1-2-5-16-14-18-9-12(10-19-14)13(20)17-8-11-4-3-6-15-7-11/h3-4,6-7,9-10H,2,5,8H2,1H3,(H,17,20)(H,16,18,19). The summed E-state index contributed by atoms with van der Waals surface area (Å²) in [6.07, 6.45) is 7.44. The van der Waals surface area contributed by atoms with Gasteiger partial charge in [-0.3, -0.25) is 9.78 Å². The maximum absolute atomic E-state index is 11.9. The molecule has 104 valence electrons. The Hall–Kier alpha value is -2.50. The predicted octanol–water partition coefficient (Wildman–Crippen LogP) is 1.62. The van der Waals surface area contributed by atoms with E-state index in [1.807, 2.05) is 12.1 Å². The van der Waals surface area contributed by atoms with E-state index in [1.54, 1.807) is 12.4 Å². The summed E-state index contributed by atoms with van der Waals surface area (Å²) in [6.45, 7) is 3.31. The van der Waals surface area contributed by atoms with Gasteiger partial charge < -0.3 is 10.6 Å². The fraction of sp³-hybridized carbons (Fsp3) is 0.286. The highest BCUT2D eigenvalue weighted by molar-refractivity contribution is 5.93. The highest BCUT2D eigenvalue weighted by atomic mass is 16.1. The molecule has 0 unspecified atom stereocenters. The van der Waals surface area contributed by atoms with Crippen molar-refractivity contribution in [2.75, 3.05) is 11.9 Å². The Morgan fingerprint density at radius 2 is 2.05 bits per heavy atom. The van der Waals surface area contributed by atoms with Crippen molar-refractivity contribution >= 4 is 11.9 Å². The zero-order valence-electron chi connectivity index (χ0n) is 11.3. The first kappa shape index (κ1) is 13.9. The second-order valence-corrected chi connectivity index (χ2v) is 4.27. The lowest BCUT2D eigenvalue weighted by atomic mass is 10.2. The van der Waals surface area contributed by atoms with Gasteiger partial charge in [0.25, 0.3) is 5.91 Å². The quantitative estimate of drug-likeness (QED) is 0.834. The van der Waals surface area contributed by atoms with Gasteiger partial charge in [-0.2, -0.15) is 0 Å². The van der Waals surface area contributed by atoms with Gasteiger partial charge in [0.1, 0.15) is 0 Å². The fourth-order valence-electron chi connectivity index (χ4n) is 1.56. The molecule has 1 amide bonds. The Morgan fingerprint density at radius 3 is 2.70 bits per heavy atom. The van der Waals surface area contributed by atoms with Gasteiger partial charge in [-0.25, -0.2) is 9.97 Å². The van der Waals surface area contributed by atoms with Crippen LogP contribution in [0.1, 0.15) is 29.3 Å². The number of hydrogen-bond acceptors (Lipinski definition) is 5. The molecule has 0 aliphatic rings. The first-order valence-electron chi connectivity index (χ1n) is 6.52. The maximum atomic E-state index is 11.9. The van der Waals surface area contributed by atoms with Gasteiger partial charge >= 0.3 is 0 Å². The van der Waals surface area contributed by atoms with Crippen molar-refractivity contribution in [2.24, 2.45) is 0 Å². The van der Waals surface area contributed by atoms with Crippen LogP contribution in [0.5, 0.6) is 0 Å². The number of hydrogen-bond donors (Lipinski definition) is 2. The van der Waals surface area contributed by atoms with Crippen molar-refractivity contribution in [3.05, 3.63) is 48.0 Å². The summed E-state index contributed by atoms with van der Waals surface area (Å²) < 4.78 is 0. The van der Waals surface area contributed by atoms with E-state index in [2.05, 4.69) is 32.5 Å². The molecule has 0 saturated carbocycles. The molecule has 0 radical (unpaired) electrons. The molecule has 2 aromatic rings. The van der Waals surface area contributed by atoms with Crippen molar-refractivity contribution in [3.63, 3.8) is 0 Å². The number of amides is 1. The largest absolute Gasteiger partial charge is 0.354 e. The summed E-state index contributed by atoms with van der Waals surface area (Å²) >= 11 is 0. The number of rotatable bonds is 6. The van der Waals surface area contributed by atoms with Crippen LogP contribution in [-0.2, 0) is 6.54 Å². The van der Waals surface area contributed by atoms with Gasteiger partial charge in [0.05, 0.1) is 5.56 Å². The van der Waals surface area contributed by atoms with E-state index in [1.165, 1.54) is 12.4 Å². The normalized spacial score (nSPS) is 10.1. The van der Waals surface area contributed by atoms with Crippen LogP contribution in [0.4, 0.5) is 5.95 Å². The molecule has 20 heavy (non-hydrogen) atoms. The predicted molar refractivity (Wildman–Crippen MR) is 76.2 cm³/mol. The highest BCUT2D eigenvalue weighted by Gasteiger charge is 2.06. The molecule has 0 aromatic carbocycles. The minimum absolute atomic E-state index is 0.198. The van der Waals surface area contributed by atoms with E-state index < -0.39 is 0 Å². The van der Waals surface area contributed by atoms with Crippen LogP contribution in [0.15, 0.2) is 36.9 Å². The smallest absolute Gasteiger partial charge is 0.254 e. The summed E-state index contributed by atoms with van der Waals surface area (Å²) in [4.78, 5) is 24.1. The summed E-state index contributed by atoms with van der Waals surface area (Å²) in [6, 6.07) is 3.74. The number of nitrogens with zero attached hydrogens (tertiary/aromatic N) is 3. The Labute approximate surface area is 117 Å². The molecule has 2 heterocycles. The second-order valence-electron chi connectivity index (χ2n) is 4.27. The number of nitrogens with one attached hydrogen (secondary N) is 2. The molecule has 6 heteroatoms. The summed E-state index contributed by atoms with van der Waals surface area (Å²) in [5.41, 5.74) is 1.39. The van der Waals surface area contributed by atoms with Crippen LogP contribution in [0.2, 0.25) is 0 Å². The van der Waals surface area contributed by atoms with Gasteiger partial charge in [-0.05, 0) is 18.1 Å². The maximum Gasteiger partial charge on any atom is 0.254 e. The van der Waals surface area contributed by atoms with E-state index in [4.69, 9.17) is 0 Å². The molecular weight excluding hydrogens is 254 g/mol. The minimum Gasteiger partial charge on any atom is -0.354 e. The minimum atomic E-state index is -0.198.